The van der Waals surface area contributed by atoms with Crippen LogP contribution in [0.2, 0.25) is 0 Å². The minimum atomic E-state index is -2.33. The Morgan fingerprint density at radius 2 is 1.73 bits per heavy atom. The number of esters is 1. The van der Waals surface area contributed by atoms with Crippen LogP contribution in [0.1, 0.15) is 37.6 Å². The minimum Gasteiger partial charge on any atom is -0.490 e. The van der Waals surface area contributed by atoms with Gasteiger partial charge < -0.3 is 14.2 Å². The van der Waals surface area contributed by atoms with Crippen molar-refractivity contribution in [2.75, 3.05) is 19.8 Å². The molecule has 0 saturated heterocycles. The third kappa shape index (κ3) is 4.72. The van der Waals surface area contributed by atoms with Gasteiger partial charge in [0.15, 0.2) is 11.5 Å². The zero-order valence-corrected chi connectivity index (χ0v) is 13.1. The van der Waals surface area contributed by atoms with E-state index in [4.69, 9.17) is 9.47 Å². The number of benzene rings is 1. The van der Waals surface area contributed by atoms with Crippen LogP contribution in [0.4, 0.5) is 4.39 Å². The molecule has 0 aromatic heterocycles. The van der Waals surface area contributed by atoms with E-state index in [1.807, 2.05) is 6.92 Å². The van der Waals surface area contributed by atoms with Crippen LogP contribution in [0.15, 0.2) is 18.2 Å². The standard InChI is InChI=1S/C16H21FO5/c1-4-9-22-16(19)14(17)15(18)11-7-8-12(20-5-2)13(10-11)21-6-3/h7-8,10,14H,4-6,9H2,1-3H3. The summed E-state index contributed by atoms with van der Waals surface area (Å²) in [7, 11) is 0. The topological polar surface area (TPSA) is 61.8 Å². The van der Waals surface area contributed by atoms with Gasteiger partial charge in [-0.15, -0.1) is 0 Å². The van der Waals surface area contributed by atoms with Gasteiger partial charge in [0.1, 0.15) is 0 Å². The zero-order chi connectivity index (χ0) is 16.5. The van der Waals surface area contributed by atoms with Crippen LogP contribution >= 0.6 is 0 Å². The van der Waals surface area contributed by atoms with Gasteiger partial charge in [-0.05, 0) is 38.5 Å². The Bertz CT molecular complexity index is 515. The van der Waals surface area contributed by atoms with Gasteiger partial charge in [-0.1, -0.05) is 6.92 Å². The summed E-state index contributed by atoms with van der Waals surface area (Å²) in [6.45, 7) is 6.27. The van der Waals surface area contributed by atoms with Crippen molar-refractivity contribution in [3.63, 3.8) is 0 Å². The molecule has 0 saturated carbocycles. The number of hydrogen-bond acceptors (Lipinski definition) is 5. The molecule has 1 rings (SSSR count). The quantitative estimate of drug-likeness (QED) is 0.398. The summed E-state index contributed by atoms with van der Waals surface area (Å²) < 4.78 is 29.2. The molecule has 0 spiro atoms. The van der Waals surface area contributed by atoms with Crippen LogP contribution in [0.3, 0.4) is 0 Å². The van der Waals surface area contributed by atoms with E-state index in [9.17, 15) is 14.0 Å². The lowest BCUT2D eigenvalue weighted by atomic mass is 10.1. The van der Waals surface area contributed by atoms with Crippen molar-refractivity contribution in [3.05, 3.63) is 23.8 Å². The fraction of sp³-hybridized carbons (Fsp3) is 0.500. The monoisotopic (exact) mass is 312 g/mol. The molecular formula is C16H21FO5. The second-order valence-corrected chi connectivity index (χ2v) is 4.42. The van der Waals surface area contributed by atoms with E-state index >= 15 is 0 Å². The van der Waals surface area contributed by atoms with E-state index in [0.29, 0.717) is 31.1 Å². The van der Waals surface area contributed by atoms with Crippen LogP contribution in [-0.2, 0) is 9.53 Å². The van der Waals surface area contributed by atoms with E-state index < -0.39 is 17.9 Å². The number of ketones is 1. The van der Waals surface area contributed by atoms with Gasteiger partial charge in [-0.25, -0.2) is 9.18 Å². The van der Waals surface area contributed by atoms with Gasteiger partial charge in [-0.3, -0.25) is 4.79 Å². The fourth-order valence-corrected chi connectivity index (χ4v) is 1.73. The van der Waals surface area contributed by atoms with Gasteiger partial charge in [0.25, 0.3) is 6.17 Å². The highest BCUT2D eigenvalue weighted by Crippen LogP contribution is 2.29. The maximum absolute atomic E-state index is 13.9. The first-order valence-corrected chi connectivity index (χ1v) is 7.29. The first-order valence-electron chi connectivity index (χ1n) is 7.29. The van der Waals surface area contributed by atoms with Crippen molar-refractivity contribution in [1.29, 1.82) is 0 Å². The Morgan fingerprint density at radius 1 is 1.09 bits per heavy atom. The second-order valence-electron chi connectivity index (χ2n) is 4.42. The Balaban J connectivity index is 2.93. The number of alkyl halides is 1. The molecule has 0 fully saturated rings. The number of rotatable bonds is 9. The predicted octanol–water partition coefficient (Wildman–Crippen LogP) is 2.96. The molecule has 1 aromatic rings. The van der Waals surface area contributed by atoms with Crippen LogP contribution in [0.25, 0.3) is 0 Å². The molecule has 0 N–H and O–H groups in total. The summed E-state index contributed by atoms with van der Waals surface area (Å²) in [5.74, 6) is -1.32. The van der Waals surface area contributed by atoms with Crippen LogP contribution in [-0.4, -0.2) is 37.7 Å². The number of Topliss-reactive ketones (excluding diaryl/α,β-unsaturated/α-hetero) is 1. The van der Waals surface area contributed by atoms with Crippen molar-refractivity contribution in [1.82, 2.24) is 0 Å². The third-order valence-electron chi connectivity index (χ3n) is 2.71. The molecule has 0 aliphatic heterocycles. The van der Waals surface area contributed by atoms with Crippen LogP contribution < -0.4 is 9.47 Å². The number of hydrogen-bond donors (Lipinski definition) is 0. The first kappa shape index (κ1) is 17.9. The second kappa shape index (κ2) is 9.02. The largest absolute Gasteiger partial charge is 0.490 e. The molecule has 1 aromatic carbocycles. The summed E-state index contributed by atoms with van der Waals surface area (Å²) in [5.41, 5.74) is 0.0350. The van der Waals surface area contributed by atoms with Crippen molar-refractivity contribution < 1.29 is 28.2 Å². The summed E-state index contributed by atoms with van der Waals surface area (Å²) in [5, 5.41) is 0. The molecule has 0 heterocycles. The number of halogens is 1. The number of carbonyl (C=O) groups is 2. The van der Waals surface area contributed by atoms with Crippen LogP contribution in [0, 0.1) is 0 Å². The lowest BCUT2D eigenvalue weighted by Crippen LogP contribution is -2.28. The Morgan fingerprint density at radius 3 is 2.32 bits per heavy atom. The number of carbonyl (C=O) groups excluding carboxylic acids is 2. The van der Waals surface area contributed by atoms with Crippen molar-refractivity contribution >= 4 is 11.8 Å². The third-order valence-corrected chi connectivity index (χ3v) is 2.71. The average Bonchev–Trinajstić information content (AvgIpc) is 2.53. The molecular weight excluding hydrogens is 291 g/mol. The molecule has 0 amide bonds. The highest BCUT2D eigenvalue weighted by Gasteiger charge is 2.29. The van der Waals surface area contributed by atoms with Crippen molar-refractivity contribution in [3.8, 4) is 11.5 Å². The summed E-state index contributed by atoms with van der Waals surface area (Å²) >= 11 is 0. The van der Waals surface area contributed by atoms with Gasteiger partial charge >= 0.3 is 5.97 Å². The van der Waals surface area contributed by atoms with Crippen molar-refractivity contribution in [2.24, 2.45) is 0 Å². The molecule has 0 aliphatic rings. The highest BCUT2D eigenvalue weighted by atomic mass is 19.1. The SMILES string of the molecule is CCCOC(=O)C(F)C(=O)c1ccc(OCC)c(OCC)c1. The fourth-order valence-electron chi connectivity index (χ4n) is 1.73. The van der Waals surface area contributed by atoms with Gasteiger partial charge in [0.05, 0.1) is 19.8 Å². The lowest BCUT2D eigenvalue weighted by Gasteiger charge is -2.13. The van der Waals surface area contributed by atoms with Gasteiger partial charge in [0, 0.05) is 5.56 Å². The zero-order valence-electron chi connectivity index (χ0n) is 13.1. The molecule has 6 heteroatoms. The van der Waals surface area contributed by atoms with Crippen molar-refractivity contribution in [2.45, 2.75) is 33.4 Å². The van der Waals surface area contributed by atoms with Gasteiger partial charge in [-0.2, -0.15) is 0 Å². The summed E-state index contributed by atoms with van der Waals surface area (Å²) in [6.07, 6.45) is -1.77. The first-order chi connectivity index (χ1) is 10.5. The van der Waals surface area contributed by atoms with E-state index in [2.05, 4.69) is 4.74 Å². The highest BCUT2D eigenvalue weighted by molar-refractivity contribution is 6.11. The Labute approximate surface area is 129 Å². The molecule has 5 nitrogen and oxygen atoms in total. The molecule has 0 bridgehead atoms. The summed E-state index contributed by atoms with van der Waals surface area (Å²) in [6, 6.07) is 4.29. The van der Waals surface area contributed by atoms with Gasteiger partial charge in [0.2, 0.25) is 5.78 Å². The predicted molar refractivity (Wildman–Crippen MR) is 79.3 cm³/mol. The lowest BCUT2D eigenvalue weighted by molar-refractivity contribution is -0.147. The summed E-state index contributed by atoms with van der Waals surface area (Å²) in [4.78, 5) is 23.4. The van der Waals surface area contributed by atoms with E-state index in [1.165, 1.54) is 18.2 Å². The Hall–Kier alpha value is -2.11. The molecule has 0 aliphatic carbocycles. The smallest absolute Gasteiger partial charge is 0.349 e. The van der Waals surface area contributed by atoms with Crippen LogP contribution in [0.5, 0.6) is 11.5 Å². The Kier molecular flexibility index (Phi) is 7.36. The maximum Gasteiger partial charge on any atom is 0.349 e. The number of ether oxygens (including phenoxy) is 3. The molecule has 122 valence electrons. The van der Waals surface area contributed by atoms with E-state index in [1.54, 1.807) is 13.8 Å². The maximum atomic E-state index is 13.9. The molecule has 0 radical (unpaired) electrons. The average molecular weight is 312 g/mol. The molecule has 1 unspecified atom stereocenters. The molecule has 22 heavy (non-hydrogen) atoms. The minimum absolute atomic E-state index is 0.0350. The molecule has 1 atom stereocenters. The van der Waals surface area contributed by atoms with E-state index in [-0.39, 0.29) is 12.2 Å². The van der Waals surface area contributed by atoms with E-state index in [0.717, 1.165) is 0 Å². The normalized spacial score (nSPS) is 11.6.